The van der Waals surface area contributed by atoms with Crippen molar-refractivity contribution in [3.8, 4) is 0 Å². The summed E-state index contributed by atoms with van der Waals surface area (Å²) < 4.78 is 2.47. The van der Waals surface area contributed by atoms with E-state index in [1.165, 1.54) is 17.7 Å². The van der Waals surface area contributed by atoms with E-state index in [0.717, 1.165) is 4.57 Å². The average Bonchev–Trinajstić information content (AvgIpc) is 2.29. The molecule has 6 nitrogen and oxygen atoms in total. The van der Waals surface area contributed by atoms with Gasteiger partial charge in [-0.2, -0.15) is 0 Å². The summed E-state index contributed by atoms with van der Waals surface area (Å²) in [6, 6.07) is 1.42. The first-order chi connectivity index (χ1) is 7.78. The molecule has 0 saturated carbocycles. The highest BCUT2D eigenvalue weighted by atomic mass is 16.3. The predicted octanol–water partition coefficient (Wildman–Crippen LogP) is -1.06. The molecular weight excluding hydrogens is 222 g/mol. The maximum absolute atomic E-state index is 11.7. The Morgan fingerprint density at radius 1 is 1.29 bits per heavy atom. The van der Waals surface area contributed by atoms with Crippen LogP contribution in [-0.4, -0.2) is 26.4 Å². The zero-order valence-electron chi connectivity index (χ0n) is 10.6. The molecule has 1 rings (SSSR count). The van der Waals surface area contributed by atoms with E-state index in [4.69, 9.17) is 5.11 Å². The molecule has 17 heavy (non-hydrogen) atoms. The molecule has 0 bridgehead atoms. The third kappa shape index (κ3) is 3.04. The van der Waals surface area contributed by atoms with Gasteiger partial charge in [0.05, 0.1) is 6.61 Å². The summed E-state index contributed by atoms with van der Waals surface area (Å²) in [5.74, 6) is 0. The lowest BCUT2D eigenvalue weighted by Gasteiger charge is -2.24. The van der Waals surface area contributed by atoms with Crippen molar-refractivity contribution in [1.82, 2.24) is 14.5 Å². The van der Waals surface area contributed by atoms with Crippen molar-refractivity contribution in [2.45, 2.75) is 25.9 Å². The fraction of sp³-hybridized carbons (Fsp3) is 0.636. The molecule has 0 aliphatic carbocycles. The molecule has 0 atom stereocenters. The van der Waals surface area contributed by atoms with E-state index in [0.29, 0.717) is 12.2 Å². The van der Waals surface area contributed by atoms with Gasteiger partial charge in [-0.3, -0.25) is 13.9 Å². The van der Waals surface area contributed by atoms with Crippen LogP contribution in [0.3, 0.4) is 0 Å². The molecule has 0 unspecified atom stereocenters. The molecule has 0 aromatic carbocycles. The summed E-state index contributed by atoms with van der Waals surface area (Å²) >= 11 is 0. The number of nitrogens with one attached hydrogen (secondary N) is 1. The largest absolute Gasteiger partial charge is 0.394 e. The van der Waals surface area contributed by atoms with Gasteiger partial charge in [0.2, 0.25) is 0 Å². The monoisotopic (exact) mass is 241 g/mol. The quantitative estimate of drug-likeness (QED) is 0.705. The van der Waals surface area contributed by atoms with Gasteiger partial charge in [0.15, 0.2) is 0 Å². The number of aromatic nitrogens is 2. The fourth-order valence-electron chi connectivity index (χ4n) is 1.33. The Morgan fingerprint density at radius 3 is 2.41 bits per heavy atom. The summed E-state index contributed by atoms with van der Waals surface area (Å²) in [5, 5.41) is 12.2. The molecule has 0 saturated heterocycles. The summed E-state index contributed by atoms with van der Waals surface area (Å²) in [7, 11) is 3.06. The van der Waals surface area contributed by atoms with Gasteiger partial charge in [-0.05, 0) is 13.8 Å². The van der Waals surface area contributed by atoms with Crippen molar-refractivity contribution in [2.75, 3.05) is 6.61 Å². The minimum absolute atomic E-state index is 0.0220. The highest BCUT2D eigenvalue weighted by molar-refractivity contribution is 5.02. The van der Waals surface area contributed by atoms with E-state index < -0.39 is 5.54 Å². The molecule has 0 spiro atoms. The van der Waals surface area contributed by atoms with Crippen LogP contribution in [0.1, 0.15) is 19.5 Å². The minimum Gasteiger partial charge on any atom is -0.394 e. The van der Waals surface area contributed by atoms with E-state index in [1.807, 2.05) is 13.8 Å². The van der Waals surface area contributed by atoms with Crippen LogP contribution < -0.4 is 16.6 Å². The van der Waals surface area contributed by atoms with Crippen LogP contribution in [0.4, 0.5) is 0 Å². The standard InChI is InChI=1S/C11H19N3O3/c1-11(2,7-15)12-6-8-5-9(16)14(4)10(17)13(8)3/h5,12,15H,6-7H2,1-4H3. The van der Waals surface area contributed by atoms with Crippen LogP contribution in [0.15, 0.2) is 15.7 Å². The molecule has 0 amide bonds. The first-order valence-electron chi connectivity index (χ1n) is 5.40. The number of aliphatic hydroxyl groups excluding tert-OH is 1. The van der Waals surface area contributed by atoms with Crippen molar-refractivity contribution < 1.29 is 5.11 Å². The van der Waals surface area contributed by atoms with Gasteiger partial charge in [-0.25, -0.2) is 4.79 Å². The molecule has 0 aliphatic heterocycles. The Kier molecular flexibility index (Phi) is 3.90. The third-order valence-corrected chi connectivity index (χ3v) is 2.77. The highest BCUT2D eigenvalue weighted by Gasteiger charge is 2.16. The van der Waals surface area contributed by atoms with Crippen molar-refractivity contribution >= 4 is 0 Å². The van der Waals surface area contributed by atoms with Gasteiger partial charge in [-0.15, -0.1) is 0 Å². The second-order valence-corrected chi connectivity index (χ2v) is 4.77. The predicted molar refractivity (Wildman–Crippen MR) is 64.9 cm³/mol. The summed E-state index contributed by atoms with van der Waals surface area (Å²) in [6.45, 7) is 4.01. The molecule has 6 heteroatoms. The second-order valence-electron chi connectivity index (χ2n) is 4.77. The lowest BCUT2D eigenvalue weighted by molar-refractivity contribution is 0.186. The van der Waals surface area contributed by atoms with Gasteiger partial charge < -0.3 is 10.4 Å². The molecular formula is C11H19N3O3. The third-order valence-electron chi connectivity index (χ3n) is 2.77. The van der Waals surface area contributed by atoms with Crippen LogP contribution in [0.25, 0.3) is 0 Å². The van der Waals surface area contributed by atoms with E-state index >= 15 is 0 Å². The topological polar surface area (TPSA) is 76.3 Å². The summed E-state index contributed by atoms with van der Waals surface area (Å²) in [4.78, 5) is 23.1. The van der Waals surface area contributed by atoms with Crippen LogP contribution in [-0.2, 0) is 20.6 Å². The molecule has 1 aromatic heterocycles. The number of nitrogens with zero attached hydrogens (tertiary/aromatic N) is 2. The molecule has 1 heterocycles. The molecule has 0 aliphatic rings. The van der Waals surface area contributed by atoms with E-state index in [1.54, 1.807) is 7.05 Å². The Bertz CT molecular complexity index is 514. The van der Waals surface area contributed by atoms with Crippen molar-refractivity contribution in [2.24, 2.45) is 14.1 Å². The normalized spacial score (nSPS) is 11.8. The SMILES string of the molecule is Cn1c(CNC(C)(C)CO)cc(=O)n(C)c1=O. The number of hydrogen-bond donors (Lipinski definition) is 2. The van der Waals surface area contributed by atoms with Crippen molar-refractivity contribution in [1.29, 1.82) is 0 Å². The highest BCUT2D eigenvalue weighted by Crippen LogP contribution is 2.01. The lowest BCUT2D eigenvalue weighted by Crippen LogP contribution is -2.44. The Labute approximate surface area is 99.5 Å². The maximum Gasteiger partial charge on any atom is 0.330 e. The zero-order chi connectivity index (χ0) is 13.2. The first kappa shape index (κ1) is 13.7. The minimum atomic E-state index is -0.447. The van der Waals surface area contributed by atoms with Gasteiger partial charge in [0.25, 0.3) is 5.56 Å². The fourth-order valence-corrected chi connectivity index (χ4v) is 1.33. The zero-order valence-corrected chi connectivity index (χ0v) is 10.6. The van der Waals surface area contributed by atoms with Gasteiger partial charge in [0, 0.05) is 37.9 Å². The summed E-state index contributed by atoms with van der Waals surface area (Å²) in [6.07, 6.45) is 0. The maximum atomic E-state index is 11.7. The van der Waals surface area contributed by atoms with Gasteiger partial charge in [0.1, 0.15) is 0 Å². The molecule has 2 N–H and O–H groups in total. The van der Waals surface area contributed by atoms with Crippen LogP contribution >= 0.6 is 0 Å². The Hall–Kier alpha value is -1.40. The van der Waals surface area contributed by atoms with Crippen molar-refractivity contribution in [3.05, 3.63) is 32.6 Å². The van der Waals surface area contributed by atoms with Gasteiger partial charge in [-0.1, -0.05) is 0 Å². The molecule has 1 aromatic rings. The first-order valence-corrected chi connectivity index (χ1v) is 5.40. The van der Waals surface area contributed by atoms with E-state index in [2.05, 4.69) is 5.32 Å². The van der Waals surface area contributed by atoms with Gasteiger partial charge >= 0.3 is 5.69 Å². The van der Waals surface area contributed by atoms with Crippen LogP contribution in [0.2, 0.25) is 0 Å². The Balaban J connectivity index is 3.02. The molecule has 0 radical (unpaired) electrons. The van der Waals surface area contributed by atoms with E-state index in [9.17, 15) is 9.59 Å². The van der Waals surface area contributed by atoms with Crippen LogP contribution in [0.5, 0.6) is 0 Å². The smallest absolute Gasteiger partial charge is 0.330 e. The lowest BCUT2D eigenvalue weighted by atomic mass is 10.1. The Morgan fingerprint density at radius 2 is 1.88 bits per heavy atom. The number of hydrogen-bond acceptors (Lipinski definition) is 4. The molecule has 0 fully saturated rings. The van der Waals surface area contributed by atoms with Crippen LogP contribution in [0, 0.1) is 0 Å². The second kappa shape index (κ2) is 4.85. The number of aliphatic hydroxyl groups is 1. The number of rotatable bonds is 4. The van der Waals surface area contributed by atoms with Crippen molar-refractivity contribution in [3.63, 3.8) is 0 Å². The van der Waals surface area contributed by atoms with E-state index in [-0.39, 0.29) is 17.9 Å². The average molecular weight is 241 g/mol. The molecule has 96 valence electrons. The summed E-state index contributed by atoms with van der Waals surface area (Å²) in [5.41, 5.74) is -0.528.